The molecule has 0 atom stereocenters. The fraction of sp³-hybridized carbons (Fsp3) is 0.353. The zero-order valence-electron chi connectivity index (χ0n) is 12.5. The Balaban J connectivity index is 1.96. The zero-order valence-corrected chi connectivity index (χ0v) is 12.5. The Hall–Kier alpha value is -2.03. The second-order valence-corrected chi connectivity index (χ2v) is 6.05. The van der Waals surface area contributed by atoms with E-state index in [2.05, 4.69) is 20.8 Å². The molecular formula is C17H21NO2. The predicted octanol–water partition coefficient (Wildman–Crippen LogP) is 3.58. The van der Waals surface area contributed by atoms with Crippen LogP contribution in [0, 0.1) is 0 Å². The van der Waals surface area contributed by atoms with Crippen molar-refractivity contribution in [3.63, 3.8) is 0 Å². The van der Waals surface area contributed by atoms with Crippen LogP contribution in [0.4, 0.5) is 0 Å². The monoisotopic (exact) mass is 271 g/mol. The summed E-state index contributed by atoms with van der Waals surface area (Å²) >= 11 is 0. The van der Waals surface area contributed by atoms with Crippen molar-refractivity contribution in [2.45, 2.75) is 26.2 Å². The fourth-order valence-corrected chi connectivity index (χ4v) is 1.95. The largest absolute Gasteiger partial charge is 0.485 e. The van der Waals surface area contributed by atoms with Crippen LogP contribution in [-0.2, 0) is 12.5 Å². The molecule has 0 amide bonds. The van der Waals surface area contributed by atoms with Gasteiger partial charge in [0, 0.05) is 25.0 Å². The summed E-state index contributed by atoms with van der Waals surface area (Å²) in [5.41, 5.74) is 2.05. The van der Waals surface area contributed by atoms with Gasteiger partial charge in [0.25, 0.3) is 0 Å². The van der Waals surface area contributed by atoms with E-state index < -0.39 is 0 Å². The number of benzene rings is 1. The molecule has 106 valence electrons. The Kier molecular flexibility index (Phi) is 3.98. The molecule has 0 saturated heterocycles. The number of carbonyl (C=O) groups is 1. The Morgan fingerprint density at radius 3 is 2.30 bits per heavy atom. The van der Waals surface area contributed by atoms with Crippen LogP contribution in [0.2, 0.25) is 0 Å². The minimum absolute atomic E-state index is 0.00880. The van der Waals surface area contributed by atoms with Crippen molar-refractivity contribution in [2.24, 2.45) is 7.05 Å². The molecule has 0 spiro atoms. The summed E-state index contributed by atoms with van der Waals surface area (Å²) in [6.45, 7) is 6.57. The smallest absolute Gasteiger partial charge is 0.201 e. The molecule has 1 aromatic heterocycles. The average molecular weight is 271 g/mol. The van der Waals surface area contributed by atoms with Crippen molar-refractivity contribution in [3.05, 3.63) is 53.9 Å². The van der Waals surface area contributed by atoms with Crippen LogP contribution in [0.5, 0.6) is 5.75 Å². The van der Waals surface area contributed by atoms with Crippen LogP contribution in [0.1, 0.15) is 36.7 Å². The summed E-state index contributed by atoms with van der Waals surface area (Å²) in [7, 11) is 1.89. The molecule has 2 aromatic rings. The number of hydrogen-bond donors (Lipinski definition) is 0. The third-order valence-corrected chi connectivity index (χ3v) is 3.24. The van der Waals surface area contributed by atoms with Gasteiger partial charge in [-0.15, -0.1) is 0 Å². The standard InChI is InChI=1S/C17H21NO2/c1-17(2,3)14-5-7-15(8-6-14)20-12-16(19)13-9-10-18(4)11-13/h5-11H,12H2,1-4H3. The second-order valence-electron chi connectivity index (χ2n) is 6.05. The molecule has 0 unspecified atom stereocenters. The topological polar surface area (TPSA) is 31.2 Å². The molecule has 20 heavy (non-hydrogen) atoms. The second kappa shape index (κ2) is 5.53. The maximum atomic E-state index is 11.9. The number of rotatable bonds is 4. The van der Waals surface area contributed by atoms with Crippen LogP contribution < -0.4 is 4.74 Å². The number of ketones is 1. The SMILES string of the molecule is Cn1ccc(C(=O)COc2ccc(C(C)(C)C)cc2)c1. The summed E-state index contributed by atoms with van der Waals surface area (Å²) in [5.74, 6) is 0.716. The Morgan fingerprint density at radius 1 is 1.15 bits per heavy atom. The lowest BCUT2D eigenvalue weighted by Gasteiger charge is -2.19. The van der Waals surface area contributed by atoms with Crippen molar-refractivity contribution < 1.29 is 9.53 Å². The maximum Gasteiger partial charge on any atom is 0.201 e. The molecule has 0 aliphatic carbocycles. The van der Waals surface area contributed by atoms with E-state index >= 15 is 0 Å². The molecule has 1 heterocycles. The summed E-state index contributed by atoms with van der Waals surface area (Å²) < 4.78 is 7.39. The first-order valence-electron chi connectivity index (χ1n) is 6.75. The number of aromatic nitrogens is 1. The fourth-order valence-electron chi connectivity index (χ4n) is 1.95. The van der Waals surface area contributed by atoms with Crippen molar-refractivity contribution in [1.29, 1.82) is 0 Å². The third kappa shape index (κ3) is 3.50. The predicted molar refractivity (Wildman–Crippen MR) is 80.4 cm³/mol. The number of ether oxygens (including phenoxy) is 1. The van der Waals surface area contributed by atoms with E-state index in [1.165, 1.54) is 5.56 Å². The third-order valence-electron chi connectivity index (χ3n) is 3.24. The highest BCUT2D eigenvalue weighted by Gasteiger charge is 2.13. The Morgan fingerprint density at radius 2 is 1.80 bits per heavy atom. The summed E-state index contributed by atoms with van der Waals surface area (Å²) in [6, 6.07) is 9.72. The van der Waals surface area contributed by atoms with Crippen LogP contribution in [-0.4, -0.2) is 17.0 Å². The first-order chi connectivity index (χ1) is 9.36. The van der Waals surface area contributed by atoms with E-state index in [0.29, 0.717) is 5.56 Å². The number of aryl methyl sites for hydroxylation is 1. The van der Waals surface area contributed by atoms with E-state index in [0.717, 1.165) is 5.75 Å². The van der Waals surface area contributed by atoms with E-state index in [-0.39, 0.29) is 17.8 Å². The lowest BCUT2D eigenvalue weighted by molar-refractivity contribution is 0.0921. The Bertz CT molecular complexity index is 588. The minimum Gasteiger partial charge on any atom is -0.485 e. The molecule has 0 aliphatic heterocycles. The van der Waals surface area contributed by atoms with E-state index in [4.69, 9.17) is 4.74 Å². The van der Waals surface area contributed by atoms with Crippen molar-refractivity contribution in [3.8, 4) is 5.75 Å². The molecule has 1 aromatic carbocycles. The van der Waals surface area contributed by atoms with E-state index in [1.807, 2.05) is 42.1 Å². The highest BCUT2D eigenvalue weighted by atomic mass is 16.5. The van der Waals surface area contributed by atoms with Gasteiger partial charge in [-0.3, -0.25) is 4.79 Å². The highest BCUT2D eigenvalue weighted by molar-refractivity contribution is 5.97. The van der Waals surface area contributed by atoms with Gasteiger partial charge in [0.15, 0.2) is 6.61 Å². The molecule has 0 N–H and O–H groups in total. The van der Waals surface area contributed by atoms with Crippen molar-refractivity contribution >= 4 is 5.78 Å². The zero-order chi connectivity index (χ0) is 14.8. The van der Waals surface area contributed by atoms with Gasteiger partial charge in [0.05, 0.1) is 0 Å². The van der Waals surface area contributed by atoms with Crippen molar-refractivity contribution in [2.75, 3.05) is 6.61 Å². The molecule has 0 aliphatic rings. The van der Waals surface area contributed by atoms with Crippen LogP contribution in [0.15, 0.2) is 42.7 Å². The minimum atomic E-state index is -0.00880. The summed E-state index contributed by atoms with van der Waals surface area (Å²) in [4.78, 5) is 11.9. The molecule has 3 heteroatoms. The lowest BCUT2D eigenvalue weighted by atomic mass is 9.87. The normalized spacial score (nSPS) is 11.4. The Labute approximate surface area is 120 Å². The van der Waals surface area contributed by atoms with Gasteiger partial charge < -0.3 is 9.30 Å². The van der Waals surface area contributed by atoms with Gasteiger partial charge in [-0.05, 0) is 29.2 Å². The van der Waals surface area contributed by atoms with Gasteiger partial charge in [0.1, 0.15) is 5.75 Å². The van der Waals surface area contributed by atoms with Crippen LogP contribution in [0.25, 0.3) is 0 Å². The lowest BCUT2D eigenvalue weighted by Crippen LogP contribution is -2.12. The van der Waals surface area contributed by atoms with Gasteiger partial charge in [-0.1, -0.05) is 32.9 Å². The highest BCUT2D eigenvalue weighted by Crippen LogP contribution is 2.24. The van der Waals surface area contributed by atoms with Gasteiger partial charge >= 0.3 is 0 Å². The molecule has 0 radical (unpaired) electrons. The van der Waals surface area contributed by atoms with Gasteiger partial charge in [0.2, 0.25) is 5.78 Å². The number of hydrogen-bond acceptors (Lipinski definition) is 2. The summed E-state index contributed by atoms with van der Waals surface area (Å²) in [5, 5.41) is 0. The number of nitrogens with zero attached hydrogens (tertiary/aromatic N) is 1. The quantitative estimate of drug-likeness (QED) is 0.796. The first kappa shape index (κ1) is 14.4. The molecule has 0 saturated carbocycles. The maximum absolute atomic E-state index is 11.9. The summed E-state index contributed by atoms with van der Waals surface area (Å²) in [6.07, 6.45) is 3.65. The van der Waals surface area contributed by atoms with Crippen LogP contribution in [0.3, 0.4) is 0 Å². The van der Waals surface area contributed by atoms with Crippen molar-refractivity contribution in [1.82, 2.24) is 4.57 Å². The number of Topliss-reactive ketones (excluding diaryl/α,β-unsaturated/α-hetero) is 1. The molecule has 0 bridgehead atoms. The first-order valence-corrected chi connectivity index (χ1v) is 6.75. The molecule has 3 nitrogen and oxygen atoms in total. The molecule has 2 rings (SSSR count). The number of carbonyl (C=O) groups excluding carboxylic acids is 1. The average Bonchev–Trinajstić information content (AvgIpc) is 2.82. The molecular weight excluding hydrogens is 250 g/mol. The van der Waals surface area contributed by atoms with E-state index in [1.54, 1.807) is 12.3 Å². The van der Waals surface area contributed by atoms with Gasteiger partial charge in [-0.2, -0.15) is 0 Å². The van der Waals surface area contributed by atoms with E-state index in [9.17, 15) is 4.79 Å². The molecule has 0 fully saturated rings. The van der Waals surface area contributed by atoms with Gasteiger partial charge in [-0.25, -0.2) is 0 Å². The van der Waals surface area contributed by atoms with Crippen LogP contribution >= 0.6 is 0 Å².